The minimum Gasteiger partial charge on any atom is -0.479 e. The Labute approximate surface area is 195 Å². The van der Waals surface area contributed by atoms with Gasteiger partial charge in [-0.15, -0.1) is 11.8 Å². The van der Waals surface area contributed by atoms with E-state index in [2.05, 4.69) is 37.3 Å². The van der Waals surface area contributed by atoms with Crippen molar-refractivity contribution in [3.8, 4) is 11.1 Å². The van der Waals surface area contributed by atoms with Crippen LogP contribution in [0.15, 0.2) is 35.2 Å². The number of aliphatic carboxylic acids is 1. The molecule has 0 amide bonds. The SMILES string of the molecule is CCCC(OC(C)(C)C)(C(=O)O)c1c(C)nc2c(c1-c1ccc(C)cc1)SC1CCC=C21. The molecule has 1 aliphatic heterocycles. The van der Waals surface area contributed by atoms with Crippen LogP contribution in [0.1, 0.15) is 75.9 Å². The van der Waals surface area contributed by atoms with Gasteiger partial charge in [-0.2, -0.15) is 0 Å². The number of allylic oxidation sites excluding steroid dienone is 1. The maximum absolute atomic E-state index is 13.0. The highest BCUT2D eigenvalue weighted by molar-refractivity contribution is 8.01. The standard InChI is InChI=1S/C27H33NO3S/c1-7-15-27(25(29)30,31-26(4,5)6)22-17(3)28-23-19-9-8-10-20(19)32-24(23)21(22)18-13-11-16(2)12-14-18/h9,11-14,20H,7-8,10,15H2,1-6H3,(H,29,30). The molecule has 0 radical (unpaired) electrons. The molecule has 0 spiro atoms. The second-order valence-electron chi connectivity index (χ2n) is 9.93. The summed E-state index contributed by atoms with van der Waals surface area (Å²) in [5, 5.41) is 11.1. The number of pyridine rings is 1. The normalized spacial score (nSPS) is 19.3. The topological polar surface area (TPSA) is 59.4 Å². The van der Waals surface area contributed by atoms with E-state index >= 15 is 0 Å². The second kappa shape index (κ2) is 8.35. The van der Waals surface area contributed by atoms with Gasteiger partial charge in [-0.25, -0.2) is 4.79 Å². The summed E-state index contributed by atoms with van der Waals surface area (Å²) in [7, 11) is 0. The van der Waals surface area contributed by atoms with Gasteiger partial charge in [-0.1, -0.05) is 49.2 Å². The van der Waals surface area contributed by atoms with Crippen molar-refractivity contribution in [1.82, 2.24) is 4.98 Å². The Morgan fingerprint density at radius 3 is 2.50 bits per heavy atom. The Bertz CT molecular complexity index is 1080. The summed E-state index contributed by atoms with van der Waals surface area (Å²) in [4.78, 5) is 19.1. The van der Waals surface area contributed by atoms with Crippen LogP contribution in [0.3, 0.4) is 0 Å². The van der Waals surface area contributed by atoms with E-state index < -0.39 is 17.2 Å². The summed E-state index contributed by atoms with van der Waals surface area (Å²) in [6, 6.07) is 8.39. The van der Waals surface area contributed by atoms with Crippen molar-refractivity contribution < 1.29 is 14.6 Å². The van der Waals surface area contributed by atoms with E-state index in [-0.39, 0.29) is 0 Å². The second-order valence-corrected chi connectivity index (χ2v) is 11.1. The third kappa shape index (κ3) is 3.90. The van der Waals surface area contributed by atoms with Crippen LogP contribution in [0.4, 0.5) is 0 Å². The molecule has 32 heavy (non-hydrogen) atoms. The van der Waals surface area contributed by atoms with Crippen molar-refractivity contribution in [3.63, 3.8) is 0 Å². The van der Waals surface area contributed by atoms with Crippen LogP contribution in [0.5, 0.6) is 0 Å². The van der Waals surface area contributed by atoms with Crippen LogP contribution in [0.2, 0.25) is 0 Å². The smallest absolute Gasteiger partial charge is 0.340 e. The van der Waals surface area contributed by atoms with Crippen molar-refractivity contribution in [1.29, 1.82) is 0 Å². The summed E-state index contributed by atoms with van der Waals surface area (Å²) in [6.45, 7) is 11.8. The summed E-state index contributed by atoms with van der Waals surface area (Å²) in [5.41, 5.74) is 4.87. The van der Waals surface area contributed by atoms with Gasteiger partial charge in [0.05, 0.1) is 11.3 Å². The van der Waals surface area contributed by atoms with Gasteiger partial charge in [0, 0.05) is 27.0 Å². The number of hydrogen-bond acceptors (Lipinski definition) is 4. The van der Waals surface area contributed by atoms with Gasteiger partial charge in [-0.3, -0.25) is 4.98 Å². The fourth-order valence-corrected chi connectivity index (χ4v) is 6.52. The molecule has 170 valence electrons. The molecule has 1 aromatic carbocycles. The lowest BCUT2D eigenvalue weighted by atomic mass is 9.81. The molecule has 2 aliphatic rings. The number of carbonyl (C=O) groups is 1. The number of carboxylic acids is 1. The molecule has 2 heterocycles. The number of ether oxygens (including phenoxy) is 1. The summed E-state index contributed by atoms with van der Waals surface area (Å²) in [5.74, 6) is -0.949. The first-order valence-electron chi connectivity index (χ1n) is 11.5. The molecular formula is C27H33NO3S. The maximum atomic E-state index is 13.0. The summed E-state index contributed by atoms with van der Waals surface area (Å²) >= 11 is 1.84. The molecule has 2 unspecified atom stereocenters. The van der Waals surface area contributed by atoms with Gasteiger partial charge in [-0.05, 0) is 65.0 Å². The Kier molecular flexibility index (Phi) is 6.01. The molecule has 2 atom stereocenters. The Morgan fingerprint density at radius 2 is 1.91 bits per heavy atom. The first-order chi connectivity index (χ1) is 15.1. The van der Waals surface area contributed by atoms with Crippen molar-refractivity contribution in [3.05, 3.63) is 52.9 Å². The van der Waals surface area contributed by atoms with Gasteiger partial charge in [0.15, 0.2) is 5.60 Å². The number of carboxylic acid groups (broad SMARTS) is 1. The third-order valence-corrected chi connectivity index (χ3v) is 7.59. The van der Waals surface area contributed by atoms with E-state index in [9.17, 15) is 9.90 Å². The molecule has 5 heteroatoms. The van der Waals surface area contributed by atoms with Crippen LogP contribution in [-0.2, 0) is 15.1 Å². The predicted molar refractivity (Wildman–Crippen MR) is 131 cm³/mol. The quantitative estimate of drug-likeness (QED) is 0.517. The van der Waals surface area contributed by atoms with Crippen LogP contribution in [0.25, 0.3) is 16.7 Å². The van der Waals surface area contributed by atoms with E-state index in [1.807, 2.05) is 46.4 Å². The lowest BCUT2D eigenvalue weighted by Crippen LogP contribution is -2.45. The molecule has 1 N–H and O–H groups in total. The zero-order valence-corrected chi connectivity index (χ0v) is 20.7. The summed E-state index contributed by atoms with van der Waals surface area (Å²) < 4.78 is 6.47. The molecule has 4 rings (SSSR count). The van der Waals surface area contributed by atoms with Crippen molar-refractivity contribution in [2.24, 2.45) is 0 Å². The van der Waals surface area contributed by atoms with Gasteiger partial charge in [0.1, 0.15) is 0 Å². The van der Waals surface area contributed by atoms with Gasteiger partial charge >= 0.3 is 5.97 Å². The zero-order chi connectivity index (χ0) is 23.3. The highest BCUT2D eigenvalue weighted by atomic mass is 32.2. The van der Waals surface area contributed by atoms with Crippen molar-refractivity contribution >= 4 is 23.3 Å². The molecular weight excluding hydrogens is 418 g/mol. The number of hydrogen-bond donors (Lipinski definition) is 1. The first kappa shape index (κ1) is 23.1. The van der Waals surface area contributed by atoms with Crippen LogP contribution in [-0.4, -0.2) is 26.9 Å². The number of thioether (sulfide) groups is 1. The lowest BCUT2D eigenvalue weighted by molar-refractivity contribution is -0.190. The summed E-state index contributed by atoms with van der Waals surface area (Å²) in [6.07, 6.45) is 5.56. The predicted octanol–water partition coefficient (Wildman–Crippen LogP) is 6.91. The number of fused-ring (bicyclic) bond motifs is 3. The monoisotopic (exact) mass is 451 g/mol. The number of aromatic nitrogens is 1. The Hall–Kier alpha value is -2.11. The molecule has 0 fully saturated rings. The average molecular weight is 452 g/mol. The number of aryl methyl sites for hydroxylation is 2. The fraction of sp³-hybridized carbons (Fsp3) is 0.481. The van der Waals surface area contributed by atoms with Crippen LogP contribution < -0.4 is 0 Å². The van der Waals surface area contributed by atoms with E-state index in [0.717, 1.165) is 40.3 Å². The molecule has 4 nitrogen and oxygen atoms in total. The molecule has 1 aliphatic carbocycles. The zero-order valence-electron chi connectivity index (χ0n) is 19.9. The molecule has 0 saturated heterocycles. The van der Waals surface area contributed by atoms with E-state index in [0.29, 0.717) is 23.7 Å². The largest absolute Gasteiger partial charge is 0.479 e. The molecule has 0 saturated carbocycles. The third-order valence-electron chi connectivity index (χ3n) is 6.18. The number of nitrogens with zero attached hydrogens (tertiary/aromatic N) is 1. The molecule has 0 bridgehead atoms. The molecule has 1 aromatic heterocycles. The number of benzene rings is 1. The molecule has 2 aromatic rings. The highest BCUT2D eigenvalue weighted by Crippen LogP contribution is 2.55. The van der Waals surface area contributed by atoms with E-state index in [1.165, 1.54) is 11.1 Å². The number of rotatable bonds is 6. The first-order valence-corrected chi connectivity index (χ1v) is 12.4. The Balaban J connectivity index is 2.08. The van der Waals surface area contributed by atoms with Crippen LogP contribution >= 0.6 is 11.8 Å². The average Bonchev–Trinajstić information content (AvgIpc) is 3.28. The minimum atomic E-state index is -1.47. The van der Waals surface area contributed by atoms with Crippen molar-refractivity contribution in [2.75, 3.05) is 0 Å². The van der Waals surface area contributed by atoms with Crippen molar-refractivity contribution in [2.45, 2.75) is 88.6 Å². The van der Waals surface area contributed by atoms with Crippen LogP contribution in [0, 0.1) is 13.8 Å². The van der Waals surface area contributed by atoms with Gasteiger partial charge < -0.3 is 9.84 Å². The fourth-order valence-electron chi connectivity index (χ4n) is 5.04. The highest BCUT2D eigenvalue weighted by Gasteiger charge is 2.49. The maximum Gasteiger partial charge on any atom is 0.340 e. The Morgan fingerprint density at radius 1 is 1.22 bits per heavy atom. The minimum absolute atomic E-state index is 0.385. The van der Waals surface area contributed by atoms with E-state index in [1.54, 1.807) is 0 Å². The van der Waals surface area contributed by atoms with E-state index in [4.69, 9.17) is 9.72 Å². The lowest BCUT2D eigenvalue weighted by Gasteiger charge is -2.38. The van der Waals surface area contributed by atoms with Gasteiger partial charge in [0.2, 0.25) is 0 Å². The van der Waals surface area contributed by atoms with Gasteiger partial charge in [0.25, 0.3) is 0 Å².